The highest BCUT2D eigenvalue weighted by Crippen LogP contribution is 2.31. The number of benzene rings is 1. The Balaban J connectivity index is 1.78. The molecule has 0 amide bonds. The number of rotatable bonds is 4. The van der Waals surface area contributed by atoms with E-state index in [0.717, 1.165) is 65.3 Å². The Morgan fingerprint density at radius 3 is 2.59 bits per heavy atom. The van der Waals surface area contributed by atoms with Gasteiger partial charge in [0.05, 0.1) is 16.7 Å². The second kappa shape index (κ2) is 8.90. The van der Waals surface area contributed by atoms with Gasteiger partial charge in [-0.05, 0) is 71.6 Å². The zero-order valence-corrected chi connectivity index (χ0v) is 21.8. The molecule has 4 heterocycles. The van der Waals surface area contributed by atoms with Crippen molar-refractivity contribution in [3.63, 3.8) is 0 Å². The van der Waals surface area contributed by atoms with Crippen LogP contribution in [0, 0.1) is 6.92 Å². The molecule has 0 aliphatic carbocycles. The number of hydrogen-bond donors (Lipinski definition) is 0. The highest BCUT2D eigenvalue weighted by Gasteiger charge is 2.28. The molecule has 0 saturated carbocycles. The fourth-order valence-electron chi connectivity index (χ4n) is 4.16. The Morgan fingerprint density at radius 2 is 1.91 bits per heavy atom. The van der Waals surface area contributed by atoms with Crippen LogP contribution in [0.25, 0.3) is 28.1 Å². The van der Waals surface area contributed by atoms with Crippen molar-refractivity contribution in [3.8, 4) is 11.5 Å². The molecule has 34 heavy (non-hydrogen) atoms. The molecule has 1 fully saturated rings. The van der Waals surface area contributed by atoms with Crippen molar-refractivity contribution in [2.75, 3.05) is 18.0 Å². The molecule has 1 saturated heterocycles. The third-order valence-corrected chi connectivity index (χ3v) is 8.01. The number of piperidine rings is 1. The second-order valence-electron chi connectivity index (χ2n) is 9.75. The first-order valence-corrected chi connectivity index (χ1v) is 13.6. The molecule has 1 aromatic carbocycles. The fraction of sp³-hybridized carbons (Fsp3) is 0.458. The van der Waals surface area contributed by atoms with Gasteiger partial charge in [-0.25, -0.2) is 15.0 Å². The van der Waals surface area contributed by atoms with E-state index in [0.29, 0.717) is 11.5 Å². The minimum Gasteiger partial charge on any atom is -0.591 e. The predicted octanol–water partition coefficient (Wildman–Crippen LogP) is 4.97. The third-order valence-electron chi connectivity index (χ3n) is 5.94. The Labute approximate surface area is 206 Å². The zero-order chi connectivity index (χ0) is 24.0. The second-order valence-corrected chi connectivity index (χ2v) is 12.4. The van der Waals surface area contributed by atoms with Crippen molar-refractivity contribution in [2.24, 2.45) is 4.40 Å². The molecule has 178 valence electrons. The third kappa shape index (κ3) is 4.30. The number of anilines is 1. The quantitative estimate of drug-likeness (QED) is 0.293. The average molecular weight is 496 g/mol. The van der Waals surface area contributed by atoms with Gasteiger partial charge < -0.3 is 9.45 Å². The summed E-state index contributed by atoms with van der Waals surface area (Å²) in [5, 5.41) is 7.69. The number of nitrogens with zero attached hydrogens (tertiary/aromatic N) is 7. The Morgan fingerprint density at radius 1 is 1.15 bits per heavy atom. The van der Waals surface area contributed by atoms with Crippen LogP contribution in [-0.4, -0.2) is 52.7 Å². The number of thiazole rings is 1. The van der Waals surface area contributed by atoms with E-state index < -0.39 is 16.1 Å². The maximum absolute atomic E-state index is 12.8. The van der Waals surface area contributed by atoms with Gasteiger partial charge in [0.1, 0.15) is 21.8 Å². The molecule has 1 aliphatic rings. The highest BCUT2D eigenvalue weighted by atomic mass is 32.2. The molecule has 5 rings (SSSR count). The maximum atomic E-state index is 12.8. The summed E-state index contributed by atoms with van der Waals surface area (Å²) in [6.07, 6.45) is 3.48. The van der Waals surface area contributed by atoms with Crippen molar-refractivity contribution in [3.05, 3.63) is 34.2 Å². The van der Waals surface area contributed by atoms with Crippen molar-refractivity contribution in [2.45, 2.75) is 58.6 Å². The SMILES string of the molecule is CC(=N[S@+]([O-])C(C)(C)C)c1cc(C)cc2c1nc(N1CCCCC1)n1nc(-c3cscn3)nc21. The van der Waals surface area contributed by atoms with Crippen LogP contribution in [0.15, 0.2) is 27.4 Å². The van der Waals surface area contributed by atoms with Crippen LogP contribution in [-0.2, 0) is 11.4 Å². The van der Waals surface area contributed by atoms with E-state index in [1.165, 1.54) is 17.8 Å². The monoisotopic (exact) mass is 495 g/mol. The van der Waals surface area contributed by atoms with Crippen molar-refractivity contribution in [1.82, 2.24) is 24.6 Å². The first-order chi connectivity index (χ1) is 16.2. The van der Waals surface area contributed by atoms with Gasteiger partial charge in [-0.3, -0.25) is 0 Å². The molecule has 0 bridgehead atoms. The van der Waals surface area contributed by atoms with Gasteiger partial charge in [-0.1, -0.05) is 4.40 Å². The maximum Gasteiger partial charge on any atom is 0.229 e. The minimum atomic E-state index is -1.36. The lowest BCUT2D eigenvalue weighted by Crippen LogP contribution is -2.32. The van der Waals surface area contributed by atoms with E-state index in [9.17, 15) is 4.55 Å². The Bertz CT molecular complexity index is 1370. The standard InChI is InChI=1S/C24H29N7OS2/c1-15-11-17(16(2)29-34(32)24(3,4)5)20-18(12-15)22-27-21(19-13-33-14-25-19)28-31(22)23(26-20)30-9-7-6-8-10-30/h11-14H,6-10H2,1-5H3/t34-/m1/s1. The van der Waals surface area contributed by atoms with Gasteiger partial charge >= 0.3 is 0 Å². The first kappa shape index (κ1) is 23.2. The largest absolute Gasteiger partial charge is 0.591 e. The molecule has 1 atom stereocenters. The van der Waals surface area contributed by atoms with Gasteiger partial charge in [0, 0.05) is 29.4 Å². The fourth-order valence-corrected chi connectivity index (χ4v) is 5.31. The van der Waals surface area contributed by atoms with Crippen molar-refractivity contribution >= 4 is 50.9 Å². The summed E-state index contributed by atoms with van der Waals surface area (Å²) in [6.45, 7) is 11.6. The predicted molar refractivity (Wildman–Crippen MR) is 140 cm³/mol. The lowest BCUT2D eigenvalue weighted by molar-refractivity contribution is 0.561. The highest BCUT2D eigenvalue weighted by molar-refractivity contribution is 7.91. The summed E-state index contributed by atoms with van der Waals surface area (Å²) in [4.78, 5) is 16.8. The first-order valence-electron chi connectivity index (χ1n) is 11.5. The van der Waals surface area contributed by atoms with Crippen LogP contribution in [0.4, 0.5) is 5.95 Å². The Hall–Kier alpha value is -2.56. The van der Waals surface area contributed by atoms with E-state index in [4.69, 9.17) is 15.1 Å². The van der Waals surface area contributed by atoms with Crippen LogP contribution in [0.3, 0.4) is 0 Å². The lowest BCUT2D eigenvalue weighted by atomic mass is 10.0. The van der Waals surface area contributed by atoms with Gasteiger partial charge in [-0.15, -0.1) is 16.4 Å². The van der Waals surface area contributed by atoms with Gasteiger partial charge in [-0.2, -0.15) is 4.52 Å². The summed E-state index contributed by atoms with van der Waals surface area (Å²) >= 11 is 0.165. The minimum absolute atomic E-state index is 0.435. The van der Waals surface area contributed by atoms with Crippen LogP contribution >= 0.6 is 11.3 Å². The molecule has 0 radical (unpaired) electrons. The number of fused-ring (bicyclic) bond motifs is 3. The van der Waals surface area contributed by atoms with Crippen molar-refractivity contribution in [1.29, 1.82) is 0 Å². The van der Waals surface area contributed by atoms with Gasteiger partial charge in [0.2, 0.25) is 11.8 Å². The van der Waals surface area contributed by atoms with Crippen LogP contribution in [0.1, 0.15) is 58.1 Å². The lowest BCUT2D eigenvalue weighted by Gasteiger charge is -2.28. The molecule has 0 unspecified atom stereocenters. The van der Waals surface area contributed by atoms with E-state index in [-0.39, 0.29) is 0 Å². The molecule has 0 N–H and O–H groups in total. The van der Waals surface area contributed by atoms with Crippen LogP contribution in [0.5, 0.6) is 0 Å². The summed E-state index contributed by atoms with van der Waals surface area (Å²) in [5.74, 6) is 1.38. The van der Waals surface area contributed by atoms with Crippen LogP contribution in [0.2, 0.25) is 0 Å². The zero-order valence-electron chi connectivity index (χ0n) is 20.2. The van der Waals surface area contributed by atoms with Gasteiger partial charge in [0.15, 0.2) is 5.65 Å². The molecule has 8 nitrogen and oxygen atoms in total. The average Bonchev–Trinajstić information content (AvgIpc) is 3.48. The van der Waals surface area contributed by atoms with E-state index in [1.807, 2.05) is 44.5 Å². The Kier molecular flexibility index (Phi) is 6.07. The normalized spacial score (nSPS) is 16.5. The molecule has 3 aromatic heterocycles. The number of hydrogen-bond acceptors (Lipinski definition) is 8. The smallest absolute Gasteiger partial charge is 0.229 e. The summed E-state index contributed by atoms with van der Waals surface area (Å²) in [7, 11) is 0. The summed E-state index contributed by atoms with van der Waals surface area (Å²) < 4.78 is 18.8. The topological polar surface area (TPSA) is 94.6 Å². The van der Waals surface area contributed by atoms with E-state index in [1.54, 1.807) is 5.51 Å². The molecule has 0 spiro atoms. The van der Waals surface area contributed by atoms with Crippen LogP contribution < -0.4 is 4.90 Å². The summed E-state index contributed by atoms with van der Waals surface area (Å²) in [5.41, 5.74) is 6.77. The van der Waals surface area contributed by atoms with Gasteiger partial charge in [0.25, 0.3) is 0 Å². The number of aryl methyl sites for hydroxylation is 1. The molecular weight excluding hydrogens is 466 g/mol. The summed E-state index contributed by atoms with van der Waals surface area (Å²) in [6, 6.07) is 4.16. The molecule has 1 aliphatic heterocycles. The number of aromatic nitrogens is 5. The van der Waals surface area contributed by atoms with Crippen molar-refractivity contribution < 1.29 is 4.55 Å². The molecular formula is C24H29N7OS2. The molecule has 10 heteroatoms. The van der Waals surface area contributed by atoms with E-state index >= 15 is 0 Å². The molecule has 4 aromatic rings. The van der Waals surface area contributed by atoms with E-state index in [2.05, 4.69) is 26.4 Å².